The summed E-state index contributed by atoms with van der Waals surface area (Å²) in [5.74, 6) is -0.802. The standard InChI is InChI=1S/C26H36N4O5/c1-20(22-15-11-8-12-16-22)30(19-24(32)34-6)28(5)23(31)18-29(17-21-13-9-7-10-14-21)27-25(33)35-26(2,3)4/h7-16,20H,17-19H2,1-6H3,(H,27,33). The van der Waals surface area contributed by atoms with E-state index in [1.807, 2.05) is 67.6 Å². The minimum Gasteiger partial charge on any atom is -0.468 e. The number of nitrogens with one attached hydrogen (secondary N) is 1. The van der Waals surface area contributed by atoms with E-state index in [1.165, 1.54) is 17.1 Å². The Labute approximate surface area is 207 Å². The number of carbonyl (C=O) groups is 3. The molecule has 35 heavy (non-hydrogen) atoms. The zero-order valence-electron chi connectivity index (χ0n) is 21.4. The third kappa shape index (κ3) is 9.38. The Balaban J connectivity index is 2.22. The quantitative estimate of drug-likeness (QED) is 0.407. The number of esters is 1. The molecule has 0 saturated heterocycles. The molecule has 9 nitrogen and oxygen atoms in total. The molecule has 9 heteroatoms. The normalized spacial score (nSPS) is 12.2. The number of ether oxygens (including phenoxy) is 2. The smallest absolute Gasteiger partial charge is 0.422 e. The number of hydrazine groups is 2. The van der Waals surface area contributed by atoms with Crippen LogP contribution in [0.5, 0.6) is 0 Å². The molecule has 2 amide bonds. The van der Waals surface area contributed by atoms with E-state index < -0.39 is 17.7 Å². The molecule has 0 saturated carbocycles. The van der Waals surface area contributed by atoms with Crippen LogP contribution >= 0.6 is 0 Å². The molecule has 1 atom stereocenters. The monoisotopic (exact) mass is 484 g/mol. The fraction of sp³-hybridized carbons (Fsp3) is 0.423. The average molecular weight is 485 g/mol. The van der Waals surface area contributed by atoms with Crippen molar-refractivity contribution in [1.82, 2.24) is 20.5 Å². The summed E-state index contributed by atoms with van der Waals surface area (Å²) < 4.78 is 10.2. The van der Waals surface area contributed by atoms with Gasteiger partial charge in [-0.05, 0) is 38.8 Å². The van der Waals surface area contributed by atoms with Gasteiger partial charge in [0, 0.05) is 13.6 Å². The lowest BCUT2D eigenvalue weighted by atomic mass is 10.1. The molecule has 190 valence electrons. The van der Waals surface area contributed by atoms with Crippen LogP contribution in [0.15, 0.2) is 60.7 Å². The predicted molar refractivity (Wildman–Crippen MR) is 133 cm³/mol. The summed E-state index contributed by atoms with van der Waals surface area (Å²) in [5.41, 5.74) is 3.83. The number of amides is 2. The van der Waals surface area contributed by atoms with Gasteiger partial charge in [0.25, 0.3) is 5.91 Å². The molecule has 2 rings (SSSR count). The molecule has 1 unspecified atom stereocenters. The van der Waals surface area contributed by atoms with E-state index in [2.05, 4.69) is 5.43 Å². The summed E-state index contributed by atoms with van der Waals surface area (Å²) >= 11 is 0. The molecule has 2 aromatic rings. The van der Waals surface area contributed by atoms with Gasteiger partial charge < -0.3 is 9.47 Å². The molecular formula is C26H36N4O5. The van der Waals surface area contributed by atoms with E-state index >= 15 is 0 Å². The highest BCUT2D eigenvalue weighted by Crippen LogP contribution is 2.21. The van der Waals surface area contributed by atoms with Crippen molar-refractivity contribution in [2.75, 3.05) is 27.2 Å². The van der Waals surface area contributed by atoms with Crippen molar-refractivity contribution < 1.29 is 23.9 Å². The van der Waals surface area contributed by atoms with Gasteiger partial charge >= 0.3 is 12.1 Å². The summed E-state index contributed by atoms with van der Waals surface area (Å²) in [4.78, 5) is 37.9. The van der Waals surface area contributed by atoms with Gasteiger partial charge in [-0.2, -0.15) is 0 Å². The van der Waals surface area contributed by atoms with Crippen LogP contribution in [0.25, 0.3) is 0 Å². The highest BCUT2D eigenvalue weighted by molar-refractivity contribution is 5.79. The molecule has 1 N–H and O–H groups in total. The molecule has 0 aliphatic carbocycles. The first-order chi connectivity index (χ1) is 16.5. The van der Waals surface area contributed by atoms with Gasteiger partial charge in [0.1, 0.15) is 12.1 Å². The highest BCUT2D eigenvalue weighted by Gasteiger charge is 2.28. The zero-order chi connectivity index (χ0) is 26.0. The van der Waals surface area contributed by atoms with Crippen LogP contribution in [0.3, 0.4) is 0 Å². The van der Waals surface area contributed by atoms with Gasteiger partial charge in [0.2, 0.25) is 0 Å². The Hall–Kier alpha value is -3.43. The first-order valence-electron chi connectivity index (χ1n) is 11.4. The van der Waals surface area contributed by atoms with E-state index in [-0.39, 0.29) is 31.6 Å². The third-order valence-electron chi connectivity index (χ3n) is 5.18. The topological polar surface area (TPSA) is 91.4 Å². The minimum absolute atomic E-state index is 0.118. The Morgan fingerprint density at radius 2 is 1.51 bits per heavy atom. The fourth-order valence-corrected chi connectivity index (χ4v) is 3.38. The molecule has 0 radical (unpaired) electrons. The molecule has 0 spiro atoms. The van der Waals surface area contributed by atoms with E-state index in [0.717, 1.165) is 11.1 Å². The van der Waals surface area contributed by atoms with Gasteiger partial charge in [-0.15, -0.1) is 0 Å². The lowest BCUT2D eigenvalue weighted by Crippen LogP contribution is -2.53. The van der Waals surface area contributed by atoms with Crippen LogP contribution in [-0.2, 0) is 25.6 Å². The summed E-state index contributed by atoms with van der Waals surface area (Å²) in [6.45, 7) is 7.22. The maximum atomic E-state index is 13.4. The Bertz CT molecular complexity index is 963. The van der Waals surface area contributed by atoms with E-state index in [9.17, 15) is 14.4 Å². The van der Waals surface area contributed by atoms with Crippen LogP contribution in [0.1, 0.15) is 44.9 Å². The number of nitrogens with zero attached hydrogens (tertiary/aromatic N) is 3. The fourth-order valence-electron chi connectivity index (χ4n) is 3.38. The number of benzene rings is 2. The molecule has 0 aliphatic rings. The molecule has 2 aromatic carbocycles. The molecular weight excluding hydrogens is 448 g/mol. The van der Waals surface area contributed by atoms with Crippen LogP contribution in [0, 0.1) is 0 Å². The van der Waals surface area contributed by atoms with Gasteiger partial charge in [-0.25, -0.2) is 14.8 Å². The first-order valence-corrected chi connectivity index (χ1v) is 11.4. The van der Waals surface area contributed by atoms with E-state index in [0.29, 0.717) is 0 Å². The number of hydrogen-bond acceptors (Lipinski definition) is 7. The van der Waals surface area contributed by atoms with Crippen molar-refractivity contribution in [3.05, 3.63) is 71.8 Å². The second-order valence-corrected chi connectivity index (χ2v) is 9.13. The molecule has 0 heterocycles. The van der Waals surface area contributed by atoms with Crippen molar-refractivity contribution in [2.45, 2.75) is 45.9 Å². The lowest BCUT2D eigenvalue weighted by Gasteiger charge is -2.37. The highest BCUT2D eigenvalue weighted by atomic mass is 16.6. The Morgan fingerprint density at radius 1 is 0.943 bits per heavy atom. The maximum absolute atomic E-state index is 13.4. The van der Waals surface area contributed by atoms with Gasteiger partial charge in [-0.3, -0.25) is 20.0 Å². The number of methoxy groups -OCH3 is 1. The molecule has 0 aliphatic heterocycles. The largest absolute Gasteiger partial charge is 0.468 e. The van der Waals surface area contributed by atoms with Gasteiger partial charge in [0.05, 0.1) is 19.7 Å². The summed E-state index contributed by atoms with van der Waals surface area (Å²) in [6, 6.07) is 18.7. The summed E-state index contributed by atoms with van der Waals surface area (Å²) in [7, 11) is 2.90. The van der Waals surface area contributed by atoms with Crippen molar-refractivity contribution in [3.63, 3.8) is 0 Å². The van der Waals surface area contributed by atoms with Crippen molar-refractivity contribution in [3.8, 4) is 0 Å². The van der Waals surface area contributed by atoms with Crippen molar-refractivity contribution in [2.24, 2.45) is 0 Å². The first kappa shape index (κ1) is 27.8. The van der Waals surface area contributed by atoms with Gasteiger partial charge in [0.15, 0.2) is 0 Å². The minimum atomic E-state index is -0.689. The second kappa shape index (κ2) is 12.9. The number of carbonyl (C=O) groups excluding carboxylic acids is 3. The Kier molecular flexibility index (Phi) is 10.2. The van der Waals surface area contributed by atoms with Crippen LogP contribution in [0.2, 0.25) is 0 Å². The predicted octanol–water partition coefficient (Wildman–Crippen LogP) is 3.54. The molecule has 0 aromatic heterocycles. The Morgan fingerprint density at radius 3 is 2.06 bits per heavy atom. The number of likely N-dealkylation sites (N-methyl/N-ethyl adjacent to an activating group) is 1. The van der Waals surface area contributed by atoms with E-state index in [1.54, 1.807) is 32.8 Å². The summed E-state index contributed by atoms with van der Waals surface area (Å²) in [6.07, 6.45) is -0.659. The number of hydrogen-bond donors (Lipinski definition) is 1. The van der Waals surface area contributed by atoms with Crippen molar-refractivity contribution >= 4 is 18.0 Å². The summed E-state index contributed by atoms with van der Waals surface area (Å²) in [5, 5.41) is 4.52. The van der Waals surface area contributed by atoms with Crippen LogP contribution in [-0.4, -0.2) is 65.8 Å². The molecule has 0 bridgehead atoms. The SMILES string of the molecule is COC(=O)CN(C(C)c1ccccc1)N(C)C(=O)CN(Cc1ccccc1)NC(=O)OC(C)(C)C. The molecule has 0 fully saturated rings. The second-order valence-electron chi connectivity index (χ2n) is 9.13. The zero-order valence-corrected chi connectivity index (χ0v) is 21.4. The lowest BCUT2D eigenvalue weighted by molar-refractivity contribution is -0.160. The number of rotatable bonds is 10. The van der Waals surface area contributed by atoms with E-state index in [4.69, 9.17) is 9.47 Å². The maximum Gasteiger partial charge on any atom is 0.422 e. The third-order valence-corrected chi connectivity index (χ3v) is 5.18. The average Bonchev–Trinajstić information content (AvgIpc) is 2.81. The van der Waals surface area contributed by atoms with Gasteiger partial charge in [-0.1, -0.05) is 60.7 Å². The van der Waals surface area contributed by atoms with Crippen LogP contribution in [0.4, 0.5) is 4.79 Å². The van der Waals surface area contributed by atoms with Crippen LogP contribution < -0.4 is 5.43 Å². The van der Waals surface area contributed by atoms with Crippen molar-refractivity contribution in [1.29, 1.82) is 0 Å².